The van der Waals surface area contributed by atoms with Gasteiger partial charge >= 0.3 is 0 Å². The van der Waals surface area contributed by atoms with Crippen LogP contribution in [0.15, 0.2) is 0 Å². The molecule has 1 atom stereocenters. The van der Waals surface area contributed by atoms with Crippen LogP contribution in [0.2, 0.25) is 0 Å². The minimum atomic E-state index is -0.261. The Balaban J connectivity index is 0.00000162. The molecule has 1 amide bonds. The third-order valence-electron chi connectivity index (χ3n) is 4.07. The summed E-state index contributed by atoms with van der Waals surface area (Å²) in [4.78, 5) is 12.2. The molecule has 1 unspecified atom stereocenters. The summed E-state index contributed by atoms with van der Waals surface area (Å²) < 4.78 is 5.12. The lowest BCUT2D eigenvalue weighted by molar-refractivity contribution is -0.125. The SMILES string of the molecule is COCC(C)(C)NC(=O)C1CC12CCNCC2.Cl. The van der Waals surface area contributed by atoms with Crippen LogP contribution in [-0.2, 0) is 9.53 Å². The molecule has 0 radical (unpaired) electrons. The lowest BCUT2D eigenvalue weighted by Crippen LogP contribution is -2.48. The highest BCUT2D eigenvalue weighted by Crippen LogP contribution is 2.58. The van der Waals surface area contributed by atoms with E-state index in [4.69, 9.17) is 4.74 Å². The first-order valence-corrected chi connectivity index (χ1v) is 6.51. The molecular formula is C13H25ClN2O2. The quantitative estimate of drug-likeness (QED) is 0.815. The maximum Gasteiger partial charge on any atom is 0.224 e. The number of carbonyl (C=O) groups is 1. The van der Waals surface area contributed by atoms with Crippen LogP contribution in [0.3, 0.4) is 0 Å². The fourth-order valence-electron chi connectivity index (χ4n) is 3.01. The standard InChI is InChI=1S/C13H24N2O2.ClH/c1-12(2,9-17-3)15-11(16)10-8-13(10)4-6-14-7-5-13;/h10,14H,4-9H2,1-3H3,(H,15,16);1H. The van der Waals surface area contributed by atoms with Gasteiger partial charge in [-0.05, 0) is 51.6 Å². The van der Waals surface area contributed by atoms with Gasteiger partial charge in [-0.3, -0.25) is 4.79 Å². The molecule has 5 heteroatoms. The van der Waals surface area contributed by atoms with Gasteiger partial charge in [0.1, 0.15) is 0 Å². The predicted molar refractivity (Wildman–Crippen MR) is 74.0 cm³/mol. The van der Waals surface area contributed by atoms with E-state index < -0.39 is 0 Å². The molecule has 2 aliphatic rings. The summed E-state index contributed by atoms with van der Waals surface area (Å²) in [6.45, 7) is 6.69. The van der Waals surface area contributed by atoms with Crippen molar-refractivity contribution in [1.29, 1.82) is 0 Å². The Kier molecular flexibility index (Phi) is 5.04. The smallest absolute Gasteiger partial charge is 0.224 e. The molecule has 106 valence electrons. The van der Waals surface area contributed by atoms with Gasteiger partial charge in [-0.25, -0.2) is 0 Å². The Labute approximate surface area is 116 Å². The van der Waals surface area contributed by atoms with Gasteiger partial charge in [-0.15, -0.1) is 12.4 Å². The number of carbonyl (C=O) groups excluding carboxylic acids is 1. The third-order valence-corrected chi connectivity index (χ3v) is 4.07. The lowest BCUT2D eigenvalue weighted by atomic mass is 9.91. The molecule has 2 fully saturated rings. The minimum absolute atomic E-state index is 0. The number of methoxy groups -OCH3 is 1. The van der Waals surface area contributed by atoms with Crippen LogP contribution in [0.1, 0.15) is 33.1 Å². The van der Waals surface area contributed by atoms with Crippen LogP contribution in [0.4, 0.5) is 0 Å². The van der Waals surface area contributed by atoms with Crippen molar-refractivity contribution >= 4 is 18.3 Å². The molecule has 1 saturated heterocycles. The van der Waals surface area contributed by atoms with E-state index in [0.29, 0.717) is 12.0 Å². The van der Waals surface area contributed by atoms with E-state index in [-0.39, 0.29) is 29.8 Å². The van der Waals surface area contributed by atoms with E-state index in [0.717, 1.165) is 32.4 Å². The van der Waals surface area contributed by atoms with E-state index >= 15 is 0 Å². The zero-order valence-corrected chi connectivity index (χ0v) is 12.4. The summed E-state index contributed by atoms with van der Waals surface area (Å²) in [6.07, 6.45) is 3.37. The van der Waals surface area contributed by atoms with Gasteiger partial charge in [0, 0.05) is 13.0 Å². The van der Waals surface area contributed by atoms with E-state index in [1.54, 1.807) is 7.11 Å². The number of amides is 1. The molecule has 0 aromatic rings. The molecule has 4 nitrogen and oxygen atoms in total. The van der Waals surface area contributed by atoms with Crippen molar-refractivity contribution in [1.82, 2.24) is 10.6 Å². The first kappa shape index (κ1) is 15.7. The zero-order valence-electron chi connectivity index (χ0n) is 11.5. The molecule has 0 aromatic carbocycles. The highest BCUT2D eigenvalue weighted by atomic mass is 35.5. The van der Waals surface area contributed by atoms with Crippen molar-refractivity contribution in [2.45, 2.75) is 38.6 Å². The van der Waals surface area contributed by atoms with E-state index in [9.17, 15) is 4.79 Å². The first-order valence-electron chi connectivity index (χ1n) is 6.51. The van der Waals surface area contributed by atoms with Crippen molar-refractivity contribution in [3.63, 3.8) is 0 Å². The zero-order chi connectivity index (χ0) is 12.5. The molecular weight excluding hydrogens is 252 g/mol. The van der Waals surface area contributed by atoms with Crippen LogP contribution in [-0.4, -0.2) is 38.3 Å². The van der Waals surface area contributed by atoms with Crippen molar-refractivity contribution < 1.29 is 9.53 Å². The fourth-order valence-corrected chi connectivity index (χ4v) is 3.01. The van der Waals surface area contributed by atoms with Crippen LogP contribution in [0, 0.1) is 11.3 Å². The van der Waals surface area contributed by atoms with Gasteiger partial charge in [0.05, 0.1) is 12.1 Å². The molecule has 0 aromatic heterocycles. The Morgan fingerprint density at radius 1 is 1.44 bits per heavy atom. The summed E-state index contributed by atoms with van der Waals surface area (Å²) >= 11 is 0. The highest BCUT2D eigenvalue weighted by molar-refractivity contribution is 5.85. The van der Waals surface area contributed by atoms with E-state index in [1.807, 2.05) is 13.8 Å². The molecule has 2 N–H and O–H groups in total. The lowest BCUT2D eigenvalue weighted by Gasteiger charge is -2.27. The van der Waals surface area contributed by atoms with Crippen molar-refractivity contribution in [2.75, 3.05) is 26.8 Å². The summed E-state index contributed by atoms with van der Waals surface area (Å²) in [5.41, 5.74) is 0.0566. The Morgan fingerprint density at radius 3 is 2.61 bits per heavy atom. The number of ether oxygens (including phenoxy) is 1. The summed E-state index contributed by atoms with van der Waals surface area (Å²) in [5.74, 6) is 0.453. The fraction of sp³-hybridized carbons (Fsp3) is 0.923. The summed E-state index contributed by atoms with van der Waals surface area (Å²) in [7, 11) is 1.67. The Hall–Kier alpha value is -0.320. The van der Waals surface area contributed by atoms with Gasteiger partial charge in [0.15, 0.2) is 0 Å². The molecule has 1 saturated carbocycles. The van der Waals surface area contributed by atoms with Crippen LogP contribution < -0.4 is 10.6 Å². The van der Waals surface area contributed by atoms with Crippen molar-refractivity contribution in [3.8, 4) is 0 Å². The maximum atomic E-state index is 12.2. The van der Waals surface area contributed by atoms with Gasteiger partial charge in [0.2, 0.25) is 5.91 Å². The molecule has 1 aliphatic heterocycles. The van der Waals surface area contributed by atoms with Crippen LogP contribution >= 0.6 is 12.4 Å². The average molecular weight is 277 g/mol. The average Bonchev–Trinajstić information content (AvgIpc) is 2.92. The Morgan fingerprint density at radius 2 is 2.06 bits per heavy atom. The minimum Gasteiger partial charge on any atom is -0.382 e. The second-order valence-electron chi connectivity index (χ2n) is 6.18. The number of halogens is 1. The largest absolute Gasteiger partial charge is 0.382 e. The second kappa shape index (κ2) is 5.76. The van der Waals surface area contributed by atoms with Crippen molar-refractivity contribution in [3.05, 3.63) is 0 Å². The van der Waals surface area contributed by atoms with Crippen LogP contribution in [0.5, 0.6) is 0 Å². The molecule has 1 heterocycles. The normalized spacial score (nSPS) is 25.4. The molecule has 18 heavy (non-hydrogen) atoms. The topological polar surface area (TPSA) is 50.4 Å². The predicted octanol–water partition coefficient (Wildman–Crippen LogP) is 1.34. The van der Waals surface area contributed by atoms with Crippen molar-refractivity contribution in [2.24, 2.45) is 11.3 Å². The number of hydrogen-bond acceptors (Lipinski definition) is 3. The third kappa shape index (κ3) is 3.37. The summed E-state index contributed by atoms with van der Waals surface area (Å²) in [5, 5.41) is 6.46. The highest BCUT2D eigenvalue weighted by Gasteiger charge is 2.57. The number of rotatable bonds is 4. The first-order chi connectivity index (χ1) is 7.99. The molecule has 0 bridgehead atoms. The number of hydrogen-bond donors (Lipinski definition) is 2. The molecule has 1 spiro atoms. The maximum absolute atomic E-state index is 12.2. The van der Waals surface area contributed by atoms with Gasteiger partial charge < -0.3 is 15.4 Å². The second-order valence-corrected chi connectivity index (χ2v) is 6.18. The monoisotopic (exact) mass is 276 g/mol. The van der Waals surface area contributed by atoms with Gasteiger partial charge in [-0.2, -0.15) is 0 Å². The van der Waals surface area contributed by atoms with Crippen LogP contribution in [0.25, 0.3) is 0 Å². The molecule has 2 rings (SSSR count). The van der Waals surface area contributed by atoms with E-state index in [1.165, 1.54) is 0 Å². The Bertz CT molecular complexity index is 301. The number of nitrogens with one attached hydrogen (secondary N) is 2. The van der Waals surface area contributed by atoms with E-state index in [2.05, 4.69) is 10.6 Å². The van der Waals surface area contributed by atoms with Gasteiger partial charge in [-0.1, -0.05) is 0 Å². The molecule has 1 aliphatic carbocycles. The number of piperidine rings is 1. The summed E-state index contributed by atoms with van der Waals surface area (Å²) in [6, 6.07) is 0. The van der Waals surface area contributed by atoms with Gasteiger partial charge in [0.25, 0.3) is 0 Å².